The second kappa shape index (κ2) is 13.0. The summed E-state index contributed by atoms with van der Waals surface area (Å²) in [7, 11) is 0. The number of aliphatic carboxylic acids is 2. The number of carboxylic acids is 2. The number of carbonyl (C=O) groups is 2. The van der Waals surface area contributed by atoms with E-state index in [1.807, 2.05) is 0 Å². The van der Waals surface area contributed by atoms with Crippen LogP contribution >= 0.6 is 11.3 Å². The molecule has 10 nitrogen and oxygen atoms in total. The van der Waals surface area contributed by atoms with E-state index in [9.17, 15) is 26.3 Å². The van der Waals surface area contributed by atoms with E-state index in [-0.39, 0.29) is 6.10 Å². The van der Waals surface area contributed by atoms with Gasteiger partial charge in [-0.3, -0.25) is 9.80 Å². The number of ether oxygens (including phenoxy) is 1. The Balaban J connectivity index is 0.000000286. The molecule has 17 heteroatoms. The van der Waals surface area contributed by atoms with Crippen LogP contribution in [0.1, 0.15) is 17.1 Å². The Kier molecular flexibility index (Phi) is 10.6. The summed E-state index contributed by atoms with van der Waals surface area (Å²) in [6, 6.07) is 0.582. The van der Waals surface area contributed by atoms with Gasteiger partial charge in [0.1, 0.15) is 12.4 Å². The summed E-state index contributed by atoms with van der Waals surface area (Å²) < 4.78 is 69.5. The Morgan fingerprint density at radius 2 is 1.62 bits per heavy atom. The summed E-state index contributed by atoms with van der Waals surface area (Å²) in [5, 5.41) is 17.6. The molecule has 2 fully saturated rings. The minimum absolute atomic E-state index is 0.243. The normalized spacial score (nSPS) is 20.1. The summed E-state index contributed by atoms with van der Waals surface area (Å²) in [4.78, 5) is 35.5. The molecule has 2 N–H and O–H groups in total. The molecule has 0 saturated carbocycles. The van der Waals surface area contributed by atoms with Gasteiger partial charge in [-0.15, -0.1) is 11.3 Å². The maximum atomic E-state index is 10.6. The first kappa shape index (κ1) is 30.2. The van der Waals surface area contributed by atoms with Crippen molar-refractivity contribution in [3.05, 3.63) is 34.8 Å². The first-order valence-corrected chi connectivity index (χ1v) is 11.4. The van der Waals surface area contributed by atoms with Gasteiger partial charge in [0.2, 0.25) is 0 Å². The highest BCUT2D eigenvalue weighted by Gasteiger charge is 2.39. The van der Waals surface area contributed by atoms with Crippen molar-refractivity contribution in [3.63, 3.8) is 0 Å². The second-order valence-electron chi connectivity index (χ2n) is 7.90. The second-order valence-corrected chi connectivity index (χ2v) is 8.96. The van der Waals surface area contributed by atoms with Crippen LogP contribution in [-0.2, 0) is 16.1 Å². The fraction of sp³-hybridized carbons (Fsp3) is 0.550. The molecule has 0 amide bonds. The Labute approximate surface area is 210 Å². The fourth-order valence-electron chi connectivity index (χ4n) is 3.54. The number of nitrogens with zero attached hydrogens (tertiary/aromatic N) is 5. The lowest BCUT2D eigenvalue weighted by Gasteiger charge is -2.36. The average molecular weight is 559 g/mol. The molecule has 2 atom stereocenters. The summed E-state index contributed by atoms with van der Waals surface area (Å²) in [6.45, 7) is 7.35. The van der Waals surface area contributed by atoms with E-state index in [1.165, 1.54) is 12.0 Å². The van der Waals surface area contributed by atoms with Gasteiger partial charge >= 0.3 is 24.3 Å². The van der Waals surface area contributed by atoms with Crippen LogP contribution in [0.2, 0.25) is 0 Å². The molecular formula is C20H23F6N5O5S. The van der Waals surface area contributed by atoms with Crippen LogP contribution in [0.5, 0.6) is 5.75 Å². The van der Waals surface area contributed by atoms with E-state index in [0.29, 0.717) is 6.04 Å². The molecular weight excluding hydrogens is 536 g/mol. The van der Waals surface area contributed by atoms with Crippen molar-refractivity contribution in [2.45, 2.75) is 44.4 Å². The molecule has 2 aromatic rings. The Morgan fingerprint density at radius 1 is 1.05 bits per heavy atom. The number of piperazine rings is 1. The number of fused-ring (bicyclic) bond motifs is 1. The van der Waals surface area contributed by atoms with Gasteiger partial charge in [0, 0.05) is 50.6 Å². The van der Waals surface area contributed by atoms with Gasteiger partial charge in [0.05, 0.1) is 23.1 Å². The zero-order chi connectivity index (χ0) is 27.8. The van der Waals surface area contributed by atoms with Crippen LogP contribution in [0.3, 0.4) is 0 Å². The van der Waals surface area contributed by atoms with Gasteiger partial charge in [0.25, 0.3) is 0 Å². The lowest BCUT2D eigenvalue weighted by atomic mass is 10.1. The highest BCUT2D eigenvalue weighted by molar-refractivity contribution is 7.09. The fourth-order valence-corrected chi connectivity index (χ4v) is 4.14. The van der Waals surface area contributed by atoms with Crippen LogP contribution in [0.25, 0.3) is 0 Å². The van der Waals surface area contributed by atoms with Crippen molar-refractivity contribution >= 4 is 23.3 Å². The number of hydrogen-bond donors (Lipinski definition) is 2. The minimum Gasteiger partial charge on any atom is -0.486 e. The van der Waals surface area contributed by atoms with Gasteiger partial charge in [0.15, 0.2) is 5.75 Å². The topological polar surface area (TPSA) is 129 Å². The molecule has 0 unspecified atom stereocenters. The summed E-state index contributed by atoms with van der Waals surface area (Å²) >= 11 is 1.73. The third-order valence-electron chi connectivity index (χ3n) is 5.04. The van der Waals surface area contributed by atoms with Crippen LogP contribution in [0.15, 0.2) is 24.1 Å². The highest BCUT2D eigenvalue weighted by atomic mass is 32.1. The molecule has 37 heavy (non-hydrogen) atoms. The number of carboxylic acid groups (broad SMARTS) is 2. The number of thiazole rings is 1. The molecule has 2 aliphatic heterocycles. The standard InChI is InChI=1S/C16H21N5OS.2C2HF3O2/c1-12-19-13(10-23-12)7-20-2-3-21-9-15(4-14(21)8-20)22-16-5-17-11-18-6-16;2*3-2(4,5)1(6)7/h5-6,10-11,14-15H,2-4,7-9H2,1H3;2*(H,6,7)/t14-,15+;;/m0../s1. The third-order valence-corrected chi connectivity index (χ3v) is 5.86. The molecule has 0 bridgehead atoms. The van der Waals surface area contributed by atoms with Crippen LogP contribution in [-0.4, -0.2) is 97.6 Å². The van der Waals surface area contributed by atoms with Crippen LogP contribution in [0.4, 0.5) is 26.3 Å². The zero-order valence-electron chi connectivity index (χ0n) is 19.2. The lowest BCUT2D eigenvalue weighted by Crippen LogP contribution is -2.49. The molecule has 4 heterocycles. The van der Waals surface area contributed by atoms with E-state index >= 15 is 0 Å². The Bertz CT molecular complexity index is 999. The van der Waals surface area contributed by atoms with E-state index < -0.39 is 24.3 Å². The van der Waals surface area contributed by atoms with E-state index in [1.54, 1.807) is 23.7 Å². The van der Waals surface area contributed by atoms with Crippen molar-refractivity contribution < 1.29 is 50.9 Å². The van der Waals surface area contributed by atoms with E-state index in [2.05, 4.69) is 37.1 Å². The predicted octanol–water partition coefficient (Wildman–Crippen LogP) is 2.85. The maximum absolute atomic E-state index is 10.6. The van der Waals surface area contributed by atoms with Gasteiger partial charge in [-0.2, -0.15) is 26.3 Å². The Morgan fingerprint density at radius 3 is 2.11 bits per heavy atom. The number of alkyl halides is 6. The molecule has 206 valence electrons. The highest BCUT2D eigenvalue weighted by Crippen LogP contribution is 2.26. The molecule has 2 aliphatic rings. The number of aromatic nitrogens is 3. The predicted molar refractivity (Wildman–Crippen MR) is 116 cm³/mol. The molecule has 0 aliphatic carbocycles. The molecule has 4 rings (SSSR count). The zero-order valence-corrected chi connectivity index (χ0v) is 20.1. The molecule has 0 spiro atoms. The van der Waals surface area contributed by atoms with E-state index in [0.717, 1.165) is 49.9 Å². The SMILES string of the molecule is Cc1nc(CN2CCN3C[C@H](Oc4cncnc4)C[C@H]3C2)cs1.O=C(O)C(F)(F)F.O=C(O)C(F)(F)F. The van der Waals surface area contributed by atoms with Crippen LogP contribution < -0.4 is 4.74 Å². The number of hydrogen-bond acceptors (Lipinski definition) is 9. The van der Waals surface area contributed by atoms with Crippen molar-refractivity contribution in [2.24, 2.45) is 0 Å². The van der Waals surface area contributed by atoms with Crippen LogP contribution in [0, 0.1) is 6.92 Å². The monoisotopic (exact) mass is 559 g/mol. The first-order chi connectivity index (χ1) is 17.1. The van der Waals surface area contributed by atoms with E-state index in [4.69, 9.17) is 24.5 Å². The number of aryl methyl sites for hydroxylation is 1. The number of halogens is 6. The van der Waals surface area contributed by atoms with Gasteiger partial charge < -0.3 is 14.9 Å². The smallest absolute Gasteiger partial charge is 0.486 e. The largest absolute Gasteiger partial charge is 0.490 e. The number of rotatable bonds is 4. The average Bonchev–Trinajstić information content (AvgIpc) is 3.38. The summed E-state index contributed by atoms with van der Waals surface area (Å²) in [5.74, 6) is -4.74. The van der Waals surface area contributed by atoms with Gasteiger partial charge in [-0.05, 0) is 6.92 Å². The quantitative estimate of drug-likeness (QED) is 0.540. The maximum Gasteiger partial charge on any atom is 0.490 e. The lowest BCUT2D eigenvalue weighted by molar-refractivity contribution is -0.193. The molecule has 0 radical (unpaired) electrons. The molecule has 2 aromatic heterocycles. The van der Waals surface area contributed by atoms with Gasteiger partial charge in [-0.1, -0.05) is 0 Å². The third kappa shape index (κ3) is 10.5. The van der Waals surface area contributed by atoms with Crippen molar-refractivity contribution in [3.8, 4) is 5.75 Å². The van der Waals surface area contributed by atoms with Crippen molar-refractivity contribution in [1.82, 2.24) is 24.8 Å². The summed E-state index contributed by atoms with van der Waals surface area (Å²) in [5.41, 5.74) is 1.20. The first-order valence-electron chi connectivity index (χ1n) is 10.5. The van der Waals surface area contributed by atoms with Gasteiger partial charge in [-0.25, -0.2) is 24.5 Å². The van der Waals surface area contributed by atoms with Crippen molar-refractivity contribution in [1.29, 1.82) is 0 Å². The molecule has 2 saturated heterocycles. The molecule has 0 aromatic carbocycles. The Hall–Kier alpha value is -3.05. The summed E-state index contributed by atoms with van der Waals surface area (Å²) in [6.07, 6.45) is -3.85. The minimum atomic E-state index is -5.08. The van der Waals surface area contributed by atoms with Crippen molar-refractivity contribution in [2.75, 3.05) is 26.2 Å².